The molecular weight excluding hydrogens is 238 g/mol. The van der Waals surface area contributed by atoms with Gasteiger partial charge < -0.3 is 10.0 Å². The number of amides is 1. The molecule has 1 aliphatic heterocycles. The molecule has 1 aromatic rings. The highest BCUT2D eigenvalue weighted by Crippen LogP contribution is 2.29. The maximum Gasteiger partial charge on any atom is 0.407 e. The van der Waals surface area contributed by atoms with Gasteiger partial charge in [-0.1, -0.05) is 6.08 Å². The van der Waals surface area contributed by atoms with Gasteiger partial charge in [0.15, 0.2) is 0 Å². The van der Waals surface area contributed by atoms with Crippen LogP contribution in [0.3, 0.4) is 0 Å². The minimum Gasteiger partial charge on any atom is -0.465 e. The zero-order chi connectivity index (χ0) is 13.1. The van der Waals surface area contributed by atoms with E-state index in [1.54, 1.807) is 12.1 Å². The zero-order valence-electron chi connectivity index (χ0n) is 9.44. The van der Waals surface area contributed by atoms with Crippen molar-refractivity contribution in [2.45, 2.75) is 6.42 Å². The molecule has 7 nitrogen and oxygen atoms in total. The van der Waals surface area contributed by atoms with Gasteiger partial charge >= 0.3 is 6.09 Å². The molecule has 0 bridgehead atoms. The summed E-state index contributed by atoms with van der Waals surface area (Å²) in [5.74, 6) is 0. The van der Waals surface area contributed by atoms with Gasteiger partial charge in [0.05, 0.1) is 10.5 Å². The fourth-order valence-corrected chi connectivity index (χ4v) is 1.89. The molecule has 0 aromatic carbocycles. The van der Waals surface area contributed by atoms with Crippen LogP contribution < -0.4 is 0 Å². The van der Waals surface area contributed by atoms with Gasteiger partial charge in [-0.15, -0.1) is 0 Å². The van der Waals surface area contributed by atoms with E-state index in [1.807, 2.05) is 0 Å². The Morgan fingerprint density at radius 3 is 2.89 bits per heavy atom. The van der Waals surface area contributed by atoms with Crippen molar-refractivity contribution in [3.63, 3.8) is 0 Å². The zero-order valence-corrected chi connectivity index (χ0v) is 9.44. The average molecular weight is 249 g/mol. The van der Waals surface area contributed by atoms with Crippen molar-refractivity contribution in [3.05, 3.63) is 40.2 Å². The molecule has 0 saturated heterocycles. The summed E-state index contributed by atoms with van der Waals surface area (Å²) in [6.45, 7) is 0.602. The third-order valence-corrected chi connectivity index (χ3v) is 2.82. The van der Waals surface area contributed by atoms with Crippen molar-refractivity contribution >= 4 is 17.4 Å². The van der Waals surface area contributed by atoms with Gasteiger partial charge in [-0.3, -0.25) is 15.1 Å². The molecule has 0 radical (unpaired) electrons. The van der Waals surface area contributed by atoms with Crippen LogP contribution in [0.25, 0.3) is 5.57 Å². The molecule has 1 N–H and O–H groups in total. The highest BCUT2D eigenvalue weighted by Gasteiger charge is 2.21. The number of hydrogen-bond acceptors (Lipinski definition) is 4. The van der Waals surface area contributed by atoms with Gasteiger partial charge in [-0.2, -0.15) is 0 Å². The minimum atomic E-state index is -0.977. The van der Waals surface area contributed by atoms with Crippen LogP contribution in [-0.4, -0.2) is 39.1 Å². The molecule has 0 fully saturated rings. The number of aromatic nitrogens is 1. The number of nitro groups is 1. The second kappa shape index (κ2) is 4.82. The lowest BCUT2D eigenvalue weighted by molar-refractivity contribution is -0.385. The molecule has 2 heterocycles. The first-order valence-electron chi connectivity index (χ1n) is 5.35. The van der Waals surface area contributed by atoms with Crippen molar-refractivity contribution in [1.29, 1.82) is 0 Å². The fraction of sp³-hybridized carbons (Fsp3) is 0.273. The number of pyridine rings is 1. The van der Waals surface area contributed by atoms with Crippen LogP contribution >= 0.6 is 0 Å². The quantitative estimate of drug-likeness (QED) is 0.636. The topological polar surface area (TPSA) is 96.6 Å². The second-order valence-electron chi connectivity index (χ2n) is 3.86. The maximum atomic E-state index is 10.9. The summed E-state index contributed by atoms with van der Waals surface area (Å²) in [5, 5.41) is 19.7. The van der Waals surface area contributed by atoms with Gasteiger partial charge in [0.1, 0.15) is 6.20 Å². The van der Waals surface area contributed by atoms with E-state index in [0.29, 0.717) is 18.5 Å². The number of hydrogen-bond donors (Lipinski definition) is 1. The lowest BCUT2D eigenvalue weighted by Crippen LogP contribution is -2.33. The molecule has 7 heteroatoms. The molecular formula is C11H11N3O4. The summed E-state index contributed by atoms with van der Waals surface area (Å²) >= 11 is 0. The molecule has 0 atom stereocenters. The summed E-state index contributed by atoms with van der Waals surface area (Å²) in [4.78, 5) is 26.1. The van der Waals surface area contributed by atoms with Crippen LogP contribution in [0.1, 0.15) is 12.0 Å². The van der Waals surface area contributed by atoms with E-state index in [2.05, 4.69) is 4.98 Å². The van der Waals surface area contributed by atoms with E-state index >= 15 is 0 Å². The van der Waals surface area contributed by atoms with Gasteiger partial charge in [0, 0.05) is 19.3 Å². The van der Waals surface area contributed by atoms with E-state index in [4.69, 9.17) is 5.11 Å². The minimum absolute atomic E-state index is 0.0486. The molecule has 18 heavy (non-hydrogen) atoms. The lowest BCUT2D eigenvalue weighted by Gasteiger charge is -2.23. The summed E-state index contributed by atoms with van der Waals surface area (Å²) in [6, 6.07) is 1.58. The van der Waals surface area contributed by atoms with E-state index in [1.165, 1.54) is 17.3 Å². The first kappa shape index (κ1) is 12.0. The fourth-order valence-electron chi connectivity index (χ4n) is 1.89. The molecule has 1 amide bonds. The van der Waals surface area contributed by atoms with Crippen LogP contribution in [0.2, 0.25) is 0 Å². The molecule has 1 aromatic heterocycles. The molecule has 1 aliphatic rings. The molecule has 0 spiro atoms. The average Bonchev–Trinajstić information content (AvgIpc) is 2.39. The van der Waals surface area contributed by atoms with Gasteiger partial charge in [0.25, 0.3) is 5.69 Å². The maximum absolute atomic E-state index is 10.9. The molecule has 94 valence electrons. The number of carboxylic acid groups (broad SMARTS) is 1. The number of carbonyl (C=O) groups is 1. The number of rotatable bonds is 2. The smallest absolute Gasteiger partial charge is 0.407 e. The Labute approximate surface area is 103 Å². The molecule has 0 saturated carbocycles. The molecule has 0 unspecified atom stereocenters. The van der Waals surface area contributed by atoms with Crippen molar-refractivity contribution in [3.8, 4) is 0 Å². The first-order chi connectivity index (χ1) is 8.59. The summed E-state index contributed by atoms with van der Waals surface area (Å²) < 4.78 is 0. The Hall–Kier alpha value is -2.44. The van der Waals surface area contributed by atoms with Crippen molar-refractivity contribution < 1.29 is 14.8 Å². The predicted molar refractivity (Wildman–Crippen MR) is 63.1 cm³/mol. The Balaban J connectivity index is 2.29. The highest BCUT2D eigenvalue weighted by molar-refractivity contribution is 5.75. The summed E-state index contributed by atoms with van der Waals surface area (Å²) in [5.41, 5.74) is 1.26. The van der Waals surface area contributed by atoms with Crippen LogP contribution in [0.4, 0.5) is 10.5 Å². The Morgan fingerprint density at radius 1 is 1.56 bits per heavy atom. The van der Waals surface area contributed by atoms with Gasteiger partial charge in [0.2, 0.25) is 0 Å². The third kappa shape index (κ3) is 2.29. The standard InChI is InChI=1S/C11H11N3O4/c15-11(16)13-5-2-8(3-6-13)9-1-4-12-7-10(9)14(17)18/h1-2,4,7H,3,5-6H2,(H,15,16). The Bertz CT molecular complexity index is 527. The van der Waals surface area contributed by atoms with E-state index < -0.39 is 11.0 Å². The Morgan fingerprint density at radius 2 is 2.33 bits per heavy atom. The summed E-state index contributed by atoms with van der Waals surface area (Å²) in [7, 11) is 0. The van der Waals surface area contributed by atoms with Gasteiger partial charge in [-0.05, 0) is 18.1 Å². The summed E-state index contributed by atoms with van der Waals surface area (Å²) in [6.07, 6.45) is 3.90. The van der Waals surface area contributed by atoms with Crippen molar-refractivity contribution in [2.24, 2.45) is 0 Å². The lowest BCUT2D eigenvalue weighted by atomic mass is 9.99. The monoisotopic (exact) mass is 249 g/mol. The molecule has 2 rings (SSSR count). The number of nitrogens with zero attached hydrogens (tertiary/aromatic N) is 3. The first-order valence-corrected chi connectivity index (χ1v) is 5.35. The second-order valence-corrected chi connectivity index (χ2v) is 3.86. The van der Waals surface area contributed by atoms with E-state index in [0.717, 1.165) is 5.57 Å². The van der Waals surface area contributed by atoms with Crippen molar-refractivity contribution in [2.75, 3.05) is 13.1 Å². The predicted octanol–water partition coefficient (Wildman–Crippen LogP) is 1.76. The van der Waals surface area contributed by atoms with Gasteiger partial charge in [-0.25, -0.2) is 4.79 Å². The largest absolute Gasteiger partial charge is 0.465 e. The van der Waals surface area contributed by atoms with Crippen molar-refractivity contribution in [1.82, 2.24) is 9.88 Å². The SMILES string of the molecule is O=C(O)N1CC=C(c2ccncc2[N+](=O)[O-])CC1. The molecule has 0 aliphatic carbocycles. The Kier molecular flexibility index (Phi) is 3.22. The van der Waals surface area contributed by atoms with Crippen LogP contribution in [0.15, 0.2) is 24.5 Å². The third-order valence-electron chi connectivity index (χ3n) is 2.82. The van der Waals surface area contributed by atoms with Crippen LogP contribution in [-0.2, 0) is 0 Å². The van der Waals surface area contributed by atoms with Crippen LogP contribution in [0.5, 0.6) is 0 Å². The van der Waals surface area contributed by atoms with E-state index in [-0.39, 0.29) is 12.2 Å². The van der Waals surface area contributed by atoms with E-state index in [9.17, 15) is 14.9 Å². The highest BCUT2D eigenvalue weighted by atomic mass is 16.6. The van der Waals surface area contributed by atoms with Crippen LogP contribution in [0, 0.1) is 10.1 Å². The normalized spacial score (nSPS) is 15.1.